The number of unbranched alkanes of at least 4 members (excludes halogenated alkanes) is 30. The molecule has 0 heterocycles. The van der Waals surface area contributed by atoms with Gasteiger partial charge in [-0.05, 0) is 96.3 Å². The van der Waals surface area contributed by atoms with Crippen LogP contribution < -0.4 is 0 Å². The minimum Gasteiger partial charge on any atom is -0.462 e. The van der Waals surface area contributed by atoms with E-state index in [1.807, 2.05) is 0 Å². The second-order valence-corrected chi connectivity index (χ2v) is 21.1. The Bertz CT molecular complexity index is 1200. The molecule has 9 heteroatoms. The van der Waals surface area contributed by atoms with Gasteiger partial charge in [0, 0.05) is 19.3 Å². The lowest BCUT2D eigenvalue weighted by Gasteiger charge is -2.18. The molecule has 0 aromatic rings. The molecule has 3 atom stereocenters. The number of allylic oxidation sites excluding steroid dienone is 3. The van der Waals surface area contributed by atoms with E-state index in [-0.39, 0.29) is 55.9 Å². The van der Waals surface area contributed by atoms with Crippen LogP contribution in [0.5, 0.6) is 0 Å². The summed E-state index contributed by atoms with van der Waals surface area (Å²) in [6.45, 7) is 6.39. The molecule has 0 aliphatic carbocycles. The third-order valence-electron chi connectivity index (χ3n) is 13.8. The quantitative estimate of drug-likeness (QED) is 0.0235. The van der Waals surface area contributed by atoms with Crippen molar-refractivity contribution in [1.82, 2.24) is 0 Å². The van der Waals surface area contributed by atoms with Crippen molar-refractivity contribution < 1.29 is 43.9 Å². The van der Waals surface area contributed by atoms with Crippen molar-refractivity contribution in [2.45, 2.75) is 334 Å². The summed E-state index contributed by atoms with van der Waals surface area (Å²) >= 11 is 0. The summed E-state index contributed by atoms with van der Waals surface area (Å²) in [7, 11) is 0. The van der Waals surface area contributed by atoms with E-state index >= 15 is 0 Å². The predicted molar refractivity (Wildman–Crippen MR) is 302 cm³/mol. The van der Waals surface area contributed by atoms with Crippen molar-refractivity contribution in [2.24, 2.45) is 0 Å². The van der Waals surface area contributed by atoms with E-state index in [0.29, 0.717) is 12.8 Å². The maximum atomic E-state index is 12.9. The maximum Gasteiger partial charge on any atom is 0.306 e. The van der Waals surface area contributed by atoms with Crippen molar-refractivity contribution in [2.75, 3.05) is 13.2 Å². The molecule has 0 rings (SSSR count). The molecule has 0 aliphatic rings. The zero-order valence-electron chi connectivity index (χ0n) is 47.3. The molecule has 0 saturated heterocycles. The SMILES string of the molecule is CCCCCCC(O)C/C=C/CCCCCCCCCC(=O)OCC(COC(=O)CCCCCCCCC/C=C/CC(O)CCCCCC)OC(=O)CCCCCCCCC/C=C/CC(O)CCCCCC. The molecule has 0 saturated carbocycles. The summed E-state index contributed by atoms with van der Waals surface area (Å²) < 4.78 is 16.8. The van der Waals surface area contributed by atoms with E-state index < -0.39 is 6.10 Å². The van der Waals surface area contributed by atoms with Crippen LogP contribution in [-0.4, -0.2) is 70.9 Å². The topological polar surface area (TPSA) is 140 Å². The van der Waals surface area contributed by atoms with Crippen LogP contribution in [-0.2, 0) is 28.6 Å². The van der Waals surface area contributed by atoms with Crippen LogP contribution >= 0.6 is 0 Å². The first kappa shape index (κ1) is 69.5. The number of carbonyl (C=O) groups is 3. The molecular formula is C63H116O9. The minimum atomic E-state index is -0.820. The normalized spacial score (nSPS) is 13.6. The van der Waals surface area contributed by atoms with Crippen LogP contribution in [0.1, 0.15) is 310 Å². The van der Waals surface area contributed by atoms with Gasteiger partial charge in [0.2, 0.25) is 0 Å². The molecule has 0 aromatic carbocycles. The summed E-state index contributed by atoms with van der Waals surface area (Å²) in [4.78, 5) is 38.3. The number of hydrogen-bond acceptors (Lipinski definition) is 9. The fraction of sp³-hybridized carbons (Fsp3) is 0.857. The van der Waals surface area contributed by atoms with Gasteiger partial charge in [-0.2, -0.15) is 0 Å². The number of carbonyl (C=O) groups excluding carboxylic acids is 3. The third kappa shape index (κ3) is 53.8. The van der Waals surface area contributed by atoms with E-state index in [2.05, 4.69) is 57.2 Å². The van der Waals surface area contributed by atoms with Gasteiger partial charge in [-0.3, -0.25) is 14.4 Å². The molecule has 0 bridgehead atoms. The zero-order valence-corrected chi connectivity index (χ0v) is 47.3. The Morgan fingerprint density at radius 2 is 0.597 bits per heavy atom. The molecule has 0 aliphatic heterocycles. The standard InChI is InChI=1S/C63H116O9/c1-4-7-10-37-46-57(64)49-40-31-25-19-13-16-22-28-34-43-52-61(67)70-55-60(72-63(69)54-45-36-30-24-18-15-21-27-33-42-51-59(66)48-39-12-9-6-3)56-71-62(68)53-44-35-29-23-17-14-20-26-32-41-50-58(65)47-38-11-8-5-2/h31-33,40-42,57-60,64-66H,4-30,34-39,43-56H2,1-3H3/b40-31+,41-32+,42-33+. The third-order valence-corrected chi connectivity index (χ3v) is 13.8. The van der Waals surface area contributed by atoms with Gasteiger partial charge in [0.15, 0.2) is 6.10 Å². The van der Waals surface area contributed by atoms with Crippen molar-refractivity contribution in [1.29, 1.82) is 0 Å². The molecule has 0 fully saturated rings. The summed E-state index contributed by atoms with van der Waals surface area (Å²) in [5.41, 5.74) is 0. The van der Waals surface area contributed by atoms with Crippen molar-refractivity contribution >= 4 is 17.9 Å². The van der Waals surface area contributed by atoms with E-state index in [9.17, 15) is 29.7 Å². The van der Waals surface area contributed by atoms with Gasteiger partial charge in [0.25, 0.3) is 0 Å². The van der Waals surface area contributed by atoms with Gasteiger partial charge in [-0.25, -0.2) is 0 Å². The van der Waals surface area contributed by atoms with Crippen molar-refractivity contribution in [3.8, 4) is 0 Å². The van der Waals surface area contributed by atoms with Gasteiger partial charge in [0.05, 0.1) is 18.3 Å². The average Bonchev–Trinajstić information content (AvgIpc) is 3.37. The smallest absolute Gasteiger partial charge is 0.306 e. The fourth-order valence-corrected chi connectivity index (χ4v) is 9.01. The largest absolute Gasteiger partial charge is 0.462 e. The number of rotatable bonds is 56. The van der Waals surface area contributed by atoms with Gasteiger partial charge >= 0.3 is 17.9 Å². The first-order chi connectivity index (χ1) is 35.2. The van der Waals surface area contributed by atoms with Crippen molar-refractivity contribution in [3.05, 3.63) is 36.5 Å². The molecule has 0 amide bonds. The Balaban J connectivity index is 4.46. The highest BCUT2D eigenvalue weighted by Gasteiger charge is 2.20. The van der Waals surface area contributed by atoms with Crippen LogP contribution in [0.3, 0.4) is 0 Å². The monoisotopic (exact) mass is 1020 g/mol. The van der Waals surface area contributed by atoms with Crippen LogP contribution in [0.2, 0.25) is 0 Å². The Hall–Kier alpha value is -2.49. The zero-order chi connectivity index (χ0) is 52.6. The lowest BCUT2D eigenvalue weighted by Crippen LogP contribution is -2.30. The number of aliphatic hydroxyl groups is 3. The Kier molecular flexibility index (Phi) is 54.3. The highest BCUT2D eigenvalue weighted by Crippen LogP contribution is 2.17. The molecule has 3 unspecified atom stereocenters. The number of hydrogen-bond donors (Lipinski definition) is 3. The van der Waals surface area contributed by atoms with Crippen molar-refractivity contribution in [3.63, 3.8) is 0 Å². The Labute approximate surface area is 444 Å². The van der Waals surface area contributed by atoms with Crippen LogP contribution in [0.4, 0.5) is 0 Å². The average molecular weight is 1020 g/mol. The molecule has 422 valence electrons. The van der Waals surface area contributed by atoms with E-state index in [0.717, 1.165) is 173 Å². The van der Waals surface area contributed by atoms with E-state index in [1.54, 1.807) is 0 Å². The van der Waals surface area contributed by atoms with Gasteiger partial charge in [-0.15, -0.1) is 0 Å². The van der Waals surface area contributed by atoms with Gasteiger partial charge < -0.3 is 29.5 Å². The lowest BCUT2D eigenvalue weighted by molar-refractivity contribution is -0.167. The first-order valence-corrected chi connectivity index (χ1v) is 30.7. The summed E-state index contributed by atoms with van der Waals surface area (Å²) in [5.74, 6) is -0.984. The molecular weight excluding hydrogens is 901 g/mol. The van der Waals surface area contributed by atoms with Crippen LogP contribution in [0.25, 0.3) is 0 Å². The summed E-state index contributed by atoms with van der Waals surface area (Å²) in [5, 5.41) is 30.4. The molecule has 3 N–H and O–H groups in total. The lowest BCUT2D eigenvalue weighted by atomic mass is 10.1. The Morgan fingerprint density at radius 1 is 0.333 bits per heavy atom. The Morgan fingerprint density at radius 3 is 0.903 bits per heavy atom. The predicted octanol–water partition coefficient (Wildman–Crippen LogP) is 17.4. The highest BCUT2D eigenvalue weighted by molar-refractivity contribution is 5.71. The number of aliphatic hydroxyl groups excluding tert-OH is 3. The van der Waals surface area contributed by atoms with Crippen LogP contribution in [0.15, 0.2) is 36.5 Å². The number of esters is 3. The second-order valence-electron chi connectivity index (χ2n) is 21.1. The van der Waals surface area contributed by atoms with Gasteiger partial charge in [0.1, 0.15) is 13.2 Å². The second kappa shape index (κ2) is 56.2. The summed E-state index contributed by atoms with van der Waals surface area (Å²) in [6, 6.07) is 0. The first-order valence-electron chi connectivity index (χ1n) is 30.7. The number of ether oxygens (including phenoxy) is 3. The molecule has 0 radical (unpaired) electrons. The van der Waals surface area contributed by atoms with Gasteiger partial charge in [-0.1, -0.05) is 231 Å². The molecule has 0 aromatic heterocycles. The fourth-order valence-electron chi connectivity index (χ4n) is 9.01. The minimum absolute atomic E-state index is 0.115. The van der Waals surface area contributed by atoms with Crippen LogP contribution in [0, 0.1) is 0 Å². The molecule has 72 heavy (non-hydrogen) atoms. The van der Waals surface area contributed by atoms with E-state index in [1.165, 1.54) is 96.3 Å². The molecule has 0 spiro atoms. The maximum absolute atomic E-state index is 12.9. The molecule has 9 nitrogen and oxygen atoms in total. The summed E-state index contributed by atoms with van der Waals surface area (Å²) in [6.07, 6.45) is 57.4. The van der Waals surface area contributed by atoms with E-state index in [4.69, 9.17) is 14.2 Å². The highest BCUT2D eigenvalue weighted by atomic mass is 16.6.